The maximum Gasteiger partial charge on any atom is 0.227 e. The molecule has 8 nitrogen and oxygen atoms in total. The topological polar surface area (TPSA) is 114 Å². The molecular formula is C23H32FN7O. The minimum Gasteiger partial charge on any atom is -0.398 e. The molecule has 1 aliphatic rings. The summed E-state index contributed by atoms with van der Waals surface area (Å²) in [5, 5.41) is 16.6. The summed E-state index contributed by atoms with van der Waals surface area (Å²) in [5.41, 5.74) is 8.59. The summed E-state index contributed by atoms with van der Waals surface area (Å²) in [7, 11) is 0. The second-order valence-corrected chi connectivity index (χ2v) is 8.61. The van der Waals surface area contributed by atoms with Crippen molar-refractivity contribution in [2.45, 2.75) is 77.1 Å². The average Bonchev–Trinajstić information content (AvgIpc) is 3.22. The van der Waals surface area contributed by atoms with Crippen LogP contribution in [-0.2, 0) is 6.54 Å². The lowest BCUT2D eigenvalue weighted by atomic mass is 9.95. The van der Waals surface area contributed by atoms with Gasteiger partial charge < -0.3 is 26.0 Å². The Morgan fingerprint density at radius 1 is 1.25 bits per heavy atom. The summed E-state index contributed by atoms with van der Waals surface area (Å²) < 4.78 is 15.8. The summed E-state index contributed by atoms with van der Waals surface area (Å²) >= 11 is 0. The molecule has 0 aliphatic heterocycles. The van der Waals surface area contributed by atoms with Crippen molar-refractivity contribution in [3.63, 3.8) is 0 Å². The highest BCUT2D eigenvalue weighted by Gasteiger charge is 2.22. The zero-order chi connectivity index (χ0) is 22.7. The van der Waals surface area contributed by atoms with E-state index in [1.54, 1.807) is 13.0 Å². The molecule has 0 radical (unpaired) electrons. The van der Waals surface area contributed by atoms with Crippen LogP contribution in [0.15, 0.2) is 24.5 Å². The molecule has 0 spiro atoms. The van der Waals surface area contributed by atoms with Crippen LogP contribution in [0.5, 0.6) is 0 Å². The van der Waals surface area contributed by atoms with E-state index >= 15 is 0 Å². The van der Waals surface area contributed by atoms with Gasteiger partial charge in [-0.3, -0.25) is 0 Å². The molecule has 9 heteroatoms. The van der Waals surface area contributed by atoms with Gasteiger partial charge in [-0.25, -0.2) is 9.37 Å². The van der Waals surface area contributed by atoms with E-state index in [1.165, 1.54) is 31.4 Å². The van der Waals surface area contributed by atoms with E-state index < -0.39 is 6.10 Å². The van der Waals surface area contributed by atoms with E-state index in [9.17, 15) is 9.50 Å². The number of nitrogens with two attached hydrogens (primary N) is 1. The Labute approximate surface area is 187 Å². The minimum absolute atomic E-state index is 0.176. The van der Waals surface area contributed by atoms with Crippen LogP contribution in [0.2, 0.25) is 0 Å². The third-order valence-electron chi connectivity index (χ3n) is 6.28. The van der Waals surface area contributed by atoms with Crippen LogP contribution in [-0.4, -0.2) is 36.8 Å². The highest BCUT2D eigenvalue weighted by atomic mass is 19.1. The zero-order valence-corrected chi connectivity index (χ0v) is 18.7. The first-order valence-electron chi connectivity index (χ1n) is 11.4. The SMILES string of the molecule is CCC(Nc1nc(NCc2cc(F)ccc2N)c2ncn(C3CCCCC3)c2n1)C(C)O. The van der Waals surface area contributed by atoms with Gasteiger partial charge in [0.2, 0.25) is 5.95 Å². The molecule has 1 aromatic carbocycles. The van der Waals surface area contributed by atoms with Crippen molar-refractivity contribution in [2.24, 2.45) is 0 Å². The van der Waals surface area contributed by atoms with Crippen molar-refractivity contribution in [3.8, 4) is 0 Å². The molecular weight excluding hydrogens is 409 g/mol. The maximum atomic E-state index is 13.7. The molecule has 0 saturated heterocycles. The number of anilines is 3. The van der Waals surface area contributed by atoms with E-state index in [1.807, 2.05) is 13.3 Å². The van der Waals surface area contributed by atoms with Gasteiger partial charge in [-0.1, -0.05) is 26.2 Å². The van der Waals surface area contributed by atoms with Crippen molar-refractivity contribution in [1.29, 1.82) is 0 Å². The van der Waals surface area contributed by atoms with Crippen molar-refractivity contribution in [3.05, 3.63) is 35.9 Å². The fourth-order valence-corrected chi connectivity index (χ4v) is 4.37. The first-order chi connectivity index (χ1) is 15.5. The molecule has 1 aliphatic carbocycles. The molecule has 0 bridgehead atoms. The molecule has 0 amide bonds. The molecule has 1 fully saturated rings. The summed E-state index contributed by atoms with van der Waals surface area (Å²) in [6.07, 6.45) is 7.88. The van der Waals surface area contributed by atoms with Gasteiger partial charge in [-0.2, -0.15) is 9.97 Å². The molecule has 32 heavy (non-hydrogen) atoms. The quantitative estimate of drug-likeness (QED) is 0.387. The Morgan fingerprint density at radius 2 is 2.03 bits per heavy atom. The molecule has 2 atom stereocenters. The highest BCUT2D eigenvalue weighted by molar-refractivity contribution is 5.84. The number of nitrogens with zero attached hydrogens (tertiary/aromatic N) is 4. The Hall–Kier alpha value is -2.94. The smallest absolute Gasteiger partial charge is 0.227 e. The monoisotopic (exact) mass is 441 g/mol. The number of hydrogen-bond donors (Lipinski definition) is 4. The number of imidazole rings is 1. The van der Waals surface area contributed by atoms with E-state index in [2.05, 4.69) is 25.2 Å². The normalized spacial score (nSPS) is 16.8. The van der Waals surface area contributed by atoms with Gasteiger partial charge in [-0.15, -0.1) is 0 Å². The molecule has 2 aromatic heterocycles. The van der Waals surface area contributed by atoms with Crippen LogP contribution in [0, 0.1) is 5.82 Å². The summed E-state index contributed by atoms with van der Waals surface area (Å²) in [5.74, 6) is 0.643. The number of aromatic nitrogens is 4. The van der Waals surface area contributed by atoms with Crippen LogP contribution in [0.3, 0.4) is 0 Å². The summed E-state index contributed by atoms with van der Waals surface area (Å²) in [6, 6.07) is 4.51. The Morgan fingerprint density at radius 3 is 2.75 bits per heavy atom. The standard InChI is InChI=1S/C23H32FN7O/c1-3-19(14(2)32)28-23-29-21(26-12-15-11-16(24)9-10-18(15)25)20-22(30-23)31(13-27-20)17-7-5-4-6-8-17/h9-11,13-14,17,19,32H,3-8,12,25H2,1-2H3,(H2,26,28,29,30). The van der Waals surface area contributed by atoms with Crippen LogP contribution < -0.4 is 16.4 Å². The van der Waals surface area contributed by atoms with Gasteiger partial charge in [0.25, 0.3) is 0 Å². The highest BCUT2D eigenvalue weighted by Crippen LogP contribution is 2.32. The number of hydrogen-bond acceptors (Lipinski definition) is 7. The predicted octanol–water partition coefficient (Wildman–Crippen LogP) is 4.24. The van der Waals surface area contributed by atoms with E-state index in [0.29, 0.717) is 41.1 Å². The van der Waals surface area contributed by atoms with Gasteiger partial charge in [0, 0.05) is 18.3 Å². The number of nitrogens with one attached hydrogen (secondary N) is 2. The molecule has 3 aromatic rings. The Bertz CT molecular complexity index is 1060. The number of rotatable bonds is 8. The summed E-state index contributed by atoms with van der Waals surface area (Å²) in [6.45, 7) is 4.05. The lowest BCUT2D eigenvalue weighted by Gasteiger charge is -2.24. The lowest BCUT2D eigenvalue weighted by molar-refractivity contribution is 0.169. The van der Waals surface area contributed by atoms with Crippen molar-refractivity contribution >= 4 is 28.6 Å². The number of aliphatic hydroxyl groups is 1. The molecule has 2 heterocycles. The van der Waals surface area contributed by atoms with Gasteiger partial charge in [0.1, 0.15) is 5.82 Å². The van der Waals surface area contributed by atoms with Gasteiger partial charge >= 0.3 is 0 Å². The second kappa shape index (κ2) is 9.68. The second-order valence-electron chi connectivity index (χ2n) is 8.61. The number of benzene rings is 1. The first kappa shape index (κ1) is 22.3. The third-order valence-corrected chi connectivity index (χ3v) is 6.28. The molecule has 1 saturated carbocycles. The molecule has 5 N–H and O–H groups in total. The van der Waals surface area contributed by atoms with Crippen LogP contribution in [0.1, 0.15) is 64.0 Å². The van der Waals surface area contributed by atoms with E-state index in [-0.39, 0.29) is 11.9 Å². The predicted molar refractivity (Wildman–Crippen MR) is 125 cm³/mol. The molecule has 172 valence electrons. The van der Waals surface area contributed by atoms with Crippen LogP contribution in [0.4, 0.5) is 21.8 Å². The molecule has 4 rings (SSSR count). The number of aliphatic hydroxyl groups excluding tert-OH is 1. The van der Waals surface area contributed by atoms with Gasteiger partial charge in [0.05, 0.1) is 18.5 Å². The Balaban J connectivity index is 1.70. The number of halogens is 1. The van der Waals surface area contributed by atoms with Crippen LogP contribution in [0.25, 0.3) is 11.2 Å². The number of fused-ring (bicyclic) bond motifs is 1. The third kappa shape index (κ3) is 4.77. The van der Waals surface area contributed by atoms with Crippen molar-refractivity contribution in [1.82, 2.24) is 19.5 Å². The maximum absolute atomic E-state index is 13.7. The van der Waals surface area contributed by atoms with Gasteiger partial charge in [0.15, 0.2) is 17.0 Å². The van der Waals surface area contributed by atoms with Crippen molar-refractivity contribution < 1.29 is 9.50 Å². The summed E-state index contributed by atoms with van der Waals surface area (Å²) in [4.78, 5) is 14.0. The van der Waals surface area contributed by atoms with Crippen molar-refractivity contribution in [2.75, 3.05) is 16.4 Å². The van der Waals surface area contributed by atoms with Crippen LogP contribution >= 0.6 is 0 Å². The zero-order valence-electron chi connectivity index (χ0n) is 18.7. The minimum atomic E-state index is -0.550. The molecule has 2 unspecified atom stereocenters. The fraction of sp³-hybridized carbons (Fsp3) is 0.522. The lowest BCUT2D eigenvalue weighted by Crippen LogP contribution is -2.31. The van der Waals surface area contributed by atoms with E-state index in [0.717, 1.165) is 24.9 Å². The largest absolute Gasteiger partial charge is 0.398 e. The average molecular weight is 442 g/mol. The first-order valence-corrected chi connectivity index (χ1v) is 11.4. The van der Waals surface area contributed by atoms with Gasteiger partial charge in [-0.05, 0) is 49.9 Å². The van der Waals surface area contributed by atoms with E-state index in [4.69, 9.17) is 10.7 Å². The Kier molecular flexibility index (Phi) is 6.74. The fourth-order valence-electron chi connectivity index (χ4n) is 4.37. The number of nitrogen functional groups attached to an aromatic ring is 1.